The lowest BCUT2D eigenvalue weighted by molar-refractivity contribution is 0.0139. The SMILES string of the molecule is Cc1cc(I)ccc1OC[C@H]1CCCN(C(=O)OC(C)(C)C)C1. The molecule has 5 heteroatoms. The number of carbonyl (C=O) groups excluding carboxylic acids is 1. The molecule has 2 rings (SSSR count). The van der Waals surface area contributed by atoms with Crippen LogP contribution < -0.4 is 4.74 Å². The van der Waals surface area contributed by atoms with Crippen molar-refractivity contribution in [2.45, 2.75) is 46.1 Å². The van der Waals surface area contributed by atoms with Crippen molar-refractivity contribution < 1.29 is 14.3 Å². The highest BCUT2D eigenvalue weighted by molar-refractivity contribution is 14.1. The molecule has 1 aromatic rings. The molecule has 1 amide bonds. The van der Waals surface area contributed by atoms with Crippen LogP contribution in [0.5, 0.6) is 5.75 Å². The van der Waals surface area contributed by atoms with Gasteiger partial charge in [-0.2, -0.15) is 0 Å². The lowest BCUT2D eigenvalue weighted by atomic mass is 9.99. The average molecular weight is 431 g/mol. The van der Waals surface area contributed by atoms with Crippen molar-refractivity contribution in [2.75, 3.05) is 19.7 Å². The van der Waals surface area contributed by atoms with Crippen molar-refractivity contribution in [3.63, 3.8) is 0 Å². The van der Waals surface area contributed by atoms with Gasteiger partial charge in [-0.25, -0.2) is 4.79 Å². The van der Waals surface area contributed by atoms with Crippen molar-refractivity contribution >= 4 is 28.7 Å². The van der Waals surface area contributed by atoms with E-state index in [1.807, 2.05) is 31.7 Å². The van der Waals surface area contributed by atoms with E-state index in [0.29, 0.717) is 19.1 Å². The summed E-state index contributed by atoms with van der Waals surface area (Å²) in [6, 6.07) is 6.19. The summed E-state index contributed by atoms with van der Waals surface area (Å²) in [5.41, 5.74) is 0.704. The molecule has 1 aromatic carbocycles. The van der Waals surface area contributed by atoms with Gasteiger partial charge in [-0.1, -0.05) is 0 Å². The molecular formula is C18H26INO3. The molecule has 0 unspecified atom stereocenters. The number of piperidine rings is 1. The topological polar surface area (TPSA) is 38.8 Å². The van der Waals surface area contributed by atoms with Gasteiger partial charge in [-0.3, -0.25) is 0 Å². The Morgan fingerprint density at radius 2 is 2.13 bits per heavy atom. The van der Waals surface area contributed by atoms with Gasteiger partial charge in [0.05, 0.1) is 6.61 Å². The van der Waals surface area contributed by atoms with Crippen LogP contribution in [0.15, 0.2) is 18.2 Å². The monoisotopic (exact) mass is 431 g/mol. The minimum absolute atomic E-state index is 0.215. The summed E-state index contributed by atoms with van der Waals surface area (Å²) in [5, 5.41) is 0. The molecule has 0 spiro atoms. The molecule has 0 saturated carbocycles. The quantitative estimate of drug-likeness (QED) is 0.656. The Labute approximate surface area is 152 Å². The van der Waals surface area contributed by atoms with Crippen LogP contribution in [0, 0.1) is 16.4 Å². The molecule has 1 heterocycles. The van der Waals surface area contributed by atoms with Gasteiger partial charge in [0.2, 0.25) is 0 Å². The van der Waals surface area contributed by atoms with E-state index in [4.69, 9.17) is 9.47 Å². The van der Waals surface area contributed by atoms with Crippen molar-refractivity contribution in [1.29, 1.82) is 0 Å². The summed E-state index contributed by atoms with van der Waals surface area (Å²) in [6.07, 6.45) is 1.87. The van der Waals surface area contributed by atoms with Gasteiger partial charge in [0.25, 0.3) is 0 Å². The predicted molar refractivity (Wildman–Crippen MR) is 99.9 cm³/mol. The van der Waals surface area contributed by atoms with Gasteiger partial charge in [-0.15, -0.1) is 0 Å². The van der Waals surface area contributed by atoms with Gasteiger partial charge >= 0.3 is 6.09 Å². The van der Waals surface area contributed by atoms with E-state index in [1.165, 1.54) is 3.57 Å². The maximum Gasteiger partial charge on any atom is 0.410 e. The van der Waals surface area contributed by atoms with Gasteiger partial charge in [0.15, 0.2) is 0 Å². The van der Waals surface area contributed by atoms with Crippen molar-refractivity contribution in [3.8, 4) is 5.75 Å². The Morgan fingerprint density at radius 1 is 1.39 bits per heavy atom. The molecule has 0 aliphatic carbocycles. The van der Waals surface area contributed by atoms with Crippen LogP contribution in [-0.2, 0) is 4.74 Å². The number of ether oxygens (including phenoxy) is 2. The van der Waals surface area contributed by atoms with E-state index in [1.54, 1.807) is 0 Å². The third-order valence-corrected chi connectivity index (χ3v) is 4.45. The third kappa shape index (κ3) is 5.86. The van der Waals surface area contributed by atoms with Gasteiger partial charge in [-0.05, 0) is 86.9 Å². The molecule has 0 N–H and O–H groups in total. The molecule has 1 atom stereocenters. The number of likely N-dealkylation sites (tertiary alicyclic amines) is 1. The molecule has 128 valence electrons. The Kier molecular flexibility index (Phi) is 6.17. The predicted octanol–water partition coefficient (Wildman–Crippen LogP) is 4.63. The van der Waals surface area contributed by atoms with E-state index >= 15 is 0 Å². The zero-order valence-corrected chi connectivity index (χ0v) is 16.6. The number of benzene rings is 1. The van der Waals surface area contributed by atoms with E-state index < -0.39 is 5.60 Å². The first-order valence-electron chi connectivity index (χ1n) is 8.11. The molecule has 0 aromatic heterocycles. The zero-order chi connectivity index (χ0) is 17.0. The van der Waals surface area contributed by atoms with E-state index in [-0.39, 0.29) is 6.09 Å². The molecule has 23 heavy (non-hydrogen) atoms. The minimum Gasteiger partial charge on any atom is -0.493 e. The molecule has 1 aliphatic heterocycles. The molecule has 0 bridgehead atoms. The first-order chi connectivity index (χ1) is 10.7. The van der Waals surface area contributed by atoms with Gasteiger partial charge in [0.1, 0.15) is 11.4 Å². The smallest absolute Gasteiger partial charge is 0.410 e. The zero-order valence-electron chi connectivity index (χ0n) is 14.4. The van der Waals surface area contributed by atoms with E-state index in [0.717, 1.165) is 30.7 Å². The number of amides is 1. The fourth-order valence-electron chi connectivity index (χ4n) is 2.68. The second-order valence-corrected chi connectivity index (χ2v) is 8.40. The van der Waals surface area contributed by atoms with Crippen LogP contribution in [0.25, 0.3) is 0 Å². The van der Waals surface area contributed by atoms with E-state index in [9.17, 15) is 4.79 Å². The number of hydrogen-bond acceptors (Lipinski definition) is 3. The standard InChI is InChI=1S/C18H26INO3/c1-13-10-15(19)7-8-16(13)22-12-14-6-5-9-20(11-14)17(21)23-18(2,3)4/h7-8,10,14H,5-6,9,11-12H2,1-4H3/t14-/m0/s1. The Morgan fingerprint density at radius 3 is 2.78 bits per heavy atom. The summed E-state index contributed by atoms with van der Waals surface area (Å²) in [4.78, 5) is 14.0. The third-order valence-electron chi connectivity index (χ3n) is 3.78. The van der Waals surface area contributed by atoms with Crippen LogP contribution in [0.4, 0.5) is 4.79 Å². The Balaban J connectivity index is 1.87. The molecule has 0 radical (unpaired) electrons. The maximum atomic E-state index is 12.2. The van der Waals surface area contributed by atoms with Crippen molar-refractivity contribution in [2.24, 2.45) is 5.92 Å². The lowest BCUT2D eigenvalue weighted by Gasteiger charge is -2.34. The summed E-state index contributed by atoms with van der Waals surface area (Å²) in [7, 11) is 0. The molecule has 1 fully saturated rings. The van der Waals surface area contributed by atoms with Crippen LogP contribution in [-0.4, -0.2) is 36.3 Å². The fourth-order valence-corrected chi connectivity index (χ4v) is 3.32. The highest BCUT2D eigenvalue weighted by Gasteiger charge is 2.27. The number of aryl methyl sites for hydroxylation is 1. The number of nitrogens with zero attached hydrogens (tertiary/aromatic N) is 1. The summed E-state index contributed by atoms with van der Waals surface area (Å²) in [6.45, 7) is 9.87. The van der Waals surface area contributed by atoms with Crippen molar-refractivity contribution in [3.05, 3.63) is 27.3 Å². The van der Waals surface area contributed by atoms with Gasteiger partial charge < -0.3 is 14.4 Å². The van der Waals surface area contributed by atoms with Crippen LogP contribution >= 0.6 is 22.6 Å². The van der Waals surface area contributed by atoms with Crippen LogP contribution in [0.3, 0.4) is 0 Å². The second-order valence-electron chi connectivity index (χ2n) is 7.16. The maximum absolute atomic E-state index is 12.2. The molecule has 1 aliphatic rings. The number of carbonyl (C=O) groups is 1. The van der Waals surface area contributed by atoms with Crippen LogP contribution in [0.1, 0.15) is 39.2 Å². The molecule has 1 saturated heterocycles. The molecule has 4 nitrogen and oxygen atoms in total. The highest BCUT2D eigenvalue weighted by atomic mass is 127. The highest BCUT2D eigenvalue weighted by Crippen LogP contribution is 2.24. The fraction of sp³-hybridized carbons (Fsp3) is 0.611. The van der Waals surface area contributed by atoms with Crippen LogP contribution in [0.2, 0.25) is 0 Å². The minimum atomic E-state index is -0.446. The largest absolute Gasteiger partial charge is 0.493 e. The number of halogens is 1. The Bertz CT molecular complexity index is 554. The summed E-state index contributed by atoms with van der Waals surface area (Å²) >= 11 is 2.30. The normalized spacial score (nSPS) is 18.7. The number of rotatable bonds is 3. The van der Waals surface area contributed by atoms with Gasteiger partial charge in [0, 0.05) is 22.6 Å². The first kappa shape index (κ1) is 18.4. The number of hydrogen-bond donors (Lipinski definition) is 0. The lowest BCUT2D eigenvalue weighted by Crippen LogP contribution is -2.44. The molecular weight excluding hydrogens is 405 g/mol. The second kappa shape index (κ2) is 7.73. The summed E-state index contributed by atoms with van der Waals surface area (Å²) < 4.78 is 12.7. The first-order valence-corrected chi connectivity index (χ1v) is 9.19. The van der Waals surface area contributed by atoms with E-state index in [2.05, 4.69) is 41.6 Å². The van der Waals surface area contributed by atoms with Crippen molar-refractivity contribution in [1.82, 2.24) is 4.90 Å². The Hall–Kier alpha value is -0.980. The summed E-state index contributed by atoms with van der Waals surface area (Å²) in [5.74, 6) is 1.29. The average Bonchev–Trinajstić information content (AvgIpc) is 2.45.